The minimum Gasteiger partial charge on any atom is -0.378 e. The van der Waals surface area contributed by atoms with Gasteiger partial charge in [-0.25, -0.2) is 0 Å². The van der Waals surface area contributed by atoms with Crippen LogP contribution < -0.4 is 10.6 Å². The maximum absolute atomic E-state index is 12.5. The molecule has 19 heavy (non-hydrogen) atoms. The Morgan fingerprint density at radius 3 is 2.58 bits per heavy atom. The van der Waals surface area contributed by atoms with Gasteiger partial charge < -0.3 is 15.5 Å². The molecule has 0 aliphatic rings. The Morgan fingerprint density at radius 1 is 1.37 bits per heavy atom. The van der Waals surface area contributed by atoms with Gasteiger partial charge in [0.1, 0.15) is 0 Å². The van der Waals surface area contributed by atoms with E-state index in [2.05, 4.69) is 6.92 Å². The standard InChI is InChI=1S/C15H25N3O/c1-5-18(11-12(2)10-16)15(19)13-7-6-8-14(9-13)17(3)4/h6-9,12H,5,10-11,16H2,1-4H3. The van der Waals surface area contributed by atoms with Crippen LogP contribution in [0.4, 0.5) is 5.69 Å². The van der Waals surface area contributed by atoms with E-state index in [1.807, 2.05) is 55.1 Å². The van der Waals surface area contributed by atoms with Crippen molar-refractivity contribution < 1.29 is 4.79 Å². The summed E-state index contributed by atoms with van der Waals surface area (Å²) in [6, 6.07) is 7.71. The highest BCUT2D eigenvalue weighted by Crippen LogP contribution is 2.15. The first-order valence-electron chi connectivity index (χ1n) is 6.76. The Bertz CT molecular complexity index is 418. The first-order chi connectivity index (χ1) is 8.99. The zero-order valence-electron chi connectivity index (χ0n) is 12.4. The van der Waals surface area contributed by atoms with Gasteiger partial charge in [-0.2, -0.15) is 0 Å². The summed E-state index contributed by atoms with van der Waals surface area (Å²) in [6.07, 6.45) is 0. The zero-order chi connectivity index (χ0) is 14.4. The minimum atomic E-state index is 0.0755. The van der Waals surface area contributed by atoms with Crippen LogP contribution in [0.1, 0.15) is 24.2 Å². The van der Waals surface area contributed by atoms with Gasteiger partial charge >= 0.3 is 0 Å². The molecule has 1 rings (SSSR count). The van der Waals surface area contributed by atoms with Crippen LogP contribution in [-0.4, -0.2) is 44.5 Å². The highest BCUT2D eigenvalue weighted by Gasteiger charge is 2.16. The van der Waals surface area contributed by atoms with Crippen LogP contribution >= 0.6 is 0 Å². The molecule has 4 nitrogen and oxygen atoms in total. The van der Waals surface area contributed by atoms with Gasteiger partial charge in [-0.1, -0.05) is 13.0 Å². The zero-order valence-corrected chi connectivity index (χ0v) is 12.4. The van der Waals surface area contributed by atoms with E-state index in [4.69, 9.17) is 5.73 Å². The fourth-order valence-electron chi connectivity index (χ4n) is 1.91. The second-order valence-electron chi connectivity index (χ2n) is 5.13. The van der Waals surface area contributed by atoms with Crippen molar-refractivity contribution in [3.8, 4) is 0 Å². The number of hydrogen-bond donors (Lipinski definition) is 1. The smallest absolute Gasteiger partial charge is 0.253 e. The van der Waals surface area contributed by atoms with Crippen LogP contribution in [0.25, 0.3) is 0 Å². The average Bonchev–Trinajstić information content (AvgIpc) is 2.43. The van der Waals surface area contributed by atoms with Crippen molar-refractivity contribution in [2.45, 2.75) is 13.8 Å². The summed E-state index contributed by atoms with van der Waals surface area (Å²) in [6.45, 7) is 6.07. The van der Waals surface area contributed by atoms with E-state index in [1.165, 1.54) is 0 Å². The Labute approximate surface area is 116 Å². The van der Waals surface area contributed by atoms with Crippen molar-refractivity contribution in [1.29, 1.82) is 0 Å². The van der Waals surface area contributed by atoms with Gasteiger partial charge in [-0.05, 0) is 37.6 Å². The van der Waals surface area contributed by atoms with E-state index in [0.29, 0.717) is 25.6 Å². The lowest BCUT2D eigenvalue weighted by Gasteiger charge is -2.24. The molecule has 0 aromatic heterocycles. The summed E-state index contributed by atoms with van der Waals surface area (Å²) in [4.78, 5) is 16.3. The van der Waals surface area contributed by atoms with Gasteiger partial charge in [0.2, 0.25) is 0 Å². The molecule has 0 heterocycles. The summed E-state index contributed by atoms with van der Waals surface area (Å²) in [7, 11) is 3.94. The normalized spacial score (nSPS) is 12.1. The molecule has 0 saturated carbocycles. The van der Waals surface area contributed by atoms with Crippen molar-refractivity contribution in [1.82, 2.24) is 4.90 Å². The number of nitrogens with zero attached hydrogens (tertiary/aromatic N) is 2. The predicted molar refractivity (Wildman–Crippen MR) is 80.6 cm³/mol. The number of rotatable bonds is 6. The van der Waals surface area contributed by atoms with Gasteiger partial charge in [0.25, 0.3) is 5.91 Å². The lowest BCUT2D eigenvalue weighted by molar-refractivity contribution is 0.0744. The third kappa shape index (κ3) is 4.24. The topological polar surface area (TPSA) is 49.6 Å². The highest BCUT2D eigenvalue weighted by molar-refractivity contribution is 5.95. The van der Waals surface area contributed by atoms with E-state index in [9.17, 15) is 4.79 Å². The second kappa shape index (κ2) is 7.14. The highest BCUT2D eigenvalue weighted by atomic mass is 16.2. The number of nitrogens with two attached hydrogens (primary N) is 1. The molecule has 0 aliphatic heterocycles. The molecule has 0 spiro atoms. The van der Waals surface area contributed by atoms with Crippen LogP contribution in [0.3, 0.4) is 0 Å². The van der Waals surface area contributed by atoms with Crippen LogP contribution in [-0.2, 0) is 0 Å². The van der Waals surface area contributed by atoms with Crippen molar-refractivity contribution in [2.24, 2.45) is 11.7 Å². The summed E-state index contributed by atoms with van der Waals surface area (Å²) in [5.41, 5.74) is 7.40. The number of anilines is 1. The Hall–Kier alpha value is -1.55. The van der Waals surface area contributed by atoms with E-state index in [1.54, 1.807) is 0 Å². The molecule has 1 aromatic carbocycles. The maximum atomic E-state index is 12.5. The molecule has 0 saturated heterocycles. The maximum Gasteiger partial charge on any atom is 0.253 e. The van der Waals surface area contributed by atoms with Gasteiger partial charge in [-0.3, -0.25) is 4.79 Å². The van der Waals surface area contributed by atoms with Gasteiger partial charge in [0, 0.05) is 38.4 Å². The lowest BCUT2D eigenvalue weighted by atomic mass is 10.1. The second-order valence-corrected chi connectivity index (χ2v) is 5.13. The first kappa shape index (κ1) is 15.5. The van der Waals surface area contributed by atoms with Crippen LogP contribution in [0.15, 0.2) is 24.3 Å². The van der Waals surface area contributed by atoms with Crippen LogP contribution in [0, 0.1) is 5.92 Å². The molecule has 4 heteroatoms. The Balaban J connectivity index is 2.88. The molecular weight excluding hydrogens is 238 g/mol. The molecule has 106 valence electrons. The van der Waals surface area contributed by atoms with E-state index < -0.39 is 0 Å². The predicted octanol–water partition coefficient (Wildman–Crippen LogP) is 1.81. The molecule has 1 amide bonds. The third-order valence-corrected chi connectivity index (χ3v) is 3.21. The van der Waals surface area contributed by atoms with Gasteiger partial charge in [0.15, 0.2) is 0 Å². The summed E-state index contributed by atoms with van der Waals surface area (Å²) >= 11 is 0. The lowest BCUT2D eigenvalue weighted by Crippen LogP contribution is -2.36. The van der Waals surface area contributed by atoms with Crippen LogP contribution in [0.5, 0.6) is 0 Å². The number of hydrogen-bond acceptors (Lipinski definition) is 3. The summed E-state index contributed by atoms with van der Waals surface area (Å²) in [5, 5.41) is 0. The molecule has 0 aliphatic carbocycles. The summed E-state index contributed by atoms with van der Waals surface area (Å²) < 4.78 is 0. The van der Waals surface area contributed by atoms with Crippen molar-refractivity contribution in [3.05, 3.63) is 29.8 Å². The fourth-order valence-corrected chi connectivity index (χ4v) is 1.91. The molecular formula is C15H25N3O. The average molecular weight is 263 g/mol. The van der Waals surface area contributed by atoms with E-state index in [0.717, 1.165) is 11.3 Å². The van der Waals surface area contributed by atoms with Gasteiger partial charge in [0.05, 0.1) is 0 Å². The largest absolute Gasteiger partial charge is 0.378 e. The Morgan fingerprint density at radius 2 is 2.05 bits per heavy atom. The van der Waals surface area contributed by atoms with Crippen molar-refractivity contribution in [3.63, 3.8) is 0 Å². The fraction of sp³-hybridized carbons (Fsp3) is 0.533. The quantitative estimate of drug-likeness (QED) is 0.851. The molecule has 0 fully saturated rings. The number of carbonyl (C=O) groups excluding carboxylic acids is 1. The van der Waals surface area contributed by atoms with E-state index >= 15 is 0 Å². The van der Waals surface area contributed by atoms with Crippen molar-refractivity contribution in [2.75, 3.05) is 38.6 Å². The number of amides is 1. The number of benzene rings is 1. The van der Waals surface area contributed by atoms with Gasteiger partial charge in [-0.15, -0.1) is 0 Å². The van der Waals surface area contributed by atoms with Crippen LogP contribution in [0.2, 0.25) is 0 Å². The molecule has 0 bridgehead atoms. The molecule has 0 radical (unpaired) electrons. The molecule has 2 N–H and O–H groups in total. The first-order valence-corrected chi connectivity index (χ1v) is 6.76. The minimum absolute atomic E-state index is 0.0755. The number of carbonyl (C=O) groups is 1. The monoisotopic (exact) mass is 263 g/mol. The third-order valence-electron chi connectivity index (χ3n) is 3.21. The van der Waals surface area contributed by atoms with Crippen molar-refractivity contribution >= 4 is 11.6 Å². The molecule has 1 unspecified atom stereocenters. The summed E-state index contributed by atoms with van der Waals surface area (Å²) in [5.74, 6) is 0.396. The Kier molecular flexibility index (Phi) is 5.83. The molecule has 1 atom stereocenters. The van der Waals surface area contributed by atoms with E-state index in [-0.39, 0.29) is 5.91 Å². The SMILES string of the molecule is CCN(CC(C)CN)C(=O)c1cccc(N(C)C)c1. The molecule has 1 aromatic rings.